The molecule has 0 aliphatic rings. The molecule has 4 aromatic carbocycles. The van der Waals surface area contributed by atoms with Crippen LogP contribution in [0, 0.1) is 20.2 Å². The minimum absolute atomic E-state index is 0.0462. The van der Waals surface area contributed by atoms with Crippen molar-refractivity contribution >= 4 is 46.7 Å². The number of nitro benzene ring substituents is 2. The lowest BCUT2D eigenvalue weighted by molar-refractivity contribution is -0.385. The molecule has 0 heterocycles. The first kappa shape index (κ1) is 28.1. The molecule has 0 aliphatic carbocycles. The second kappa shape index (κ2) is 13.3. The number of anilines is 2. The Bertz CT molecular complexity index is 1520. The molecule has 10 heteroatoms. The molecule has 0 fully saturated rings. The van der Waals surface area contributed by atoms with Gasteiger partial charge in [0.1, 0.15) is 0 Å². The molecule has 2 N–H and O–H groups in total. The van der Waals surface area contributed by atoms with Crippen molar-refractivity contribution in [2.75, 3.05) is 10.6 Å². The maximum Gasteiger partial charge on any atom is 0.270 e. The van der Waals surface area contributed by atoms with Crippen molar-refractivity contribution in [2.24, 2.45) is 0 Å². The molecule has 0 aromatic heterocycles. The van der Waals surface area contributed by atoms with Gasteiger partial charge in [0.25, 0.3) is 11.4 Å². The quantitative estimate of drug-likeness (QED) is 0.133. The van der Waals surface area contributed by atoms with Crippen molar-refractivity contribution in [1.82, 2.24) is 0 Å². The topological polar surface area (TPSA) is 144 Å². The molecule has 41 heavy (non-hydrogen) atoms. The zero-order valence-corrected chi connectivity index (χ0v) is 21.6. The summed E-state index contributed by atoms with van der Waals surface area (Å²) in [5.41, 5.74) is 4.26. The summed E-state index contributed by atoms with van der Waals surface area (Å²) in [5.74, 6) is -0.719. The van der Waals surface area contributed by atoms with E-state index in [0.717, 1.165) is 11.1 Å². The lowest BCUT2D eigenvalue weighted by Crippen LogP contribution is -2.08. The summed E-state index contributed by atoms with van der Waals surface area (Å²) < 4.78 is 0. The highest BCUT2D eigenvalue weighted by atomic mass is 16.6. The average Bonchev–Trinajstić information content (AvgIpc) is 2.97. The molecule has 2 amide bonds. The van der Waals surface area contributed by atoms with E-state index in [4.69, 9.17) is 0 Å². The molecule has 0 saturated heterocycles. The largest absolute Gasteiger partial charge is 0.323 e. The average molecular weight is 549 g/mol. The SMILES string of the molecule is O=C(/C=C/c1cccc([N+](=O)[O-])c1)Nc1ccc(Cc2ccc(NC(=O)/C=C/c3cccc([N+](=O)[O-])c3)cc2)cc1. The van der Waals surface area contributed by atoms with Crippen LogP contribution in [-0.2, 0) is 16.0 Å². The minimum Gasteiger partial charge on any atom is -0.323 e. The van der Waals surface area contributed by atoms with Gasteiger partial charge in [0.15, 0.2) is 0 Å². The van der Waals surface area contributed by atoms with Gasteiger partial charge in [0.05, 0.1) is 9.85 Å². The Morgan fingerprint density at radius 1 is 0.610 bits per heavy atom. The fraction of sp³-hybridized carbons (Fsp3) is 0.0323. The Hall–Kier alpha value is -5.90. The van der Waals surface area contributed by atoms with E-state index < -0.39 is 9.85 Å². The molecule has 0 bridgehead atoms. The summed E-state index contributed by atoms with van der Waals surface area (Å²) >= 11 is 0. The molecule has 0 saturated carbocycles. The first-order valence-corrected chi connectivity index (χ1v) is 12.4. The Balaban J connectivity index is 1.27. The lowest BCUT2D eigenvalue weighted by atomic mass is 10.0. The summed E-state index contributed by atoms with van der Waals surface area (Å²) in [7, 11) is 0. The molecule has 4 rings (SSSR count). The van der Waals surface area contributed by atoms with Gasteiger partial charge in [-0.15, -0.1) is 0 Å². The van der Waals surface area contributed by atoms with Gasteiger partial charge < -0.3 is 10.6 Å². The van der Waals surface area contributed by atoms with E-state index in [1.807, 2.05) is 24.3 Å². The molecular weight excluding hydrogens is 524 g/mol. The zero-order valence-electron chi connectivity index (χ0n) is 21.6. The van der Waals surface area contributed by atoms with Gasteiger partial charge in [0, 0.05) is 47.8 Å². The molecule has 0 atom stereocenters. The molecule has 0 radical (unpaired) electrons. The summed E-state index contributed by atoms with van der Waals surface area (Å²) in [4.78, 5) is 45.3. The van der Waals surface area contributed by atoms with Crippen LogP contribution in [0.1, 0.15) is 22.3 Å². The number of hydrogen-bond acceptors (Lipinski definition) is 6. The number of carbonyl (C=O) groups excluding carboxylic acids is 2. The van der Waals surface area contributed by atoms with E-state index in [-0.39, 0.29) is 23.2 Å². The number of rotatable bonds is 10. The van der Waals surface area contributed by atoms with E-state index in [0.29, 0.717) is 28.9 Å². The van der Waals surface area contributed by atoms with E-state index in [1.165, 1.54) is 48.6 Å². The normalized spacial score (nSPS) is 10.9. The highest BCUT2D eigenvalue weighted by Gasteiger charge is 2.06. The van der Waals surface area contributed by atoms with Gasteiger partial charge in [-0.1, -0.05) is 48.5 Å². The Morgan fingerprint density at radius 3 is 1.37 bits per heavy atom. The maximum absolute atomic E-state index is 12.2. The van der Waals surface area contributed by atoms with Crippen LogP contribution < -0.4 is 10.6 Å². The molecular formula is C31H24N4O6. The second-order valence-corrected chi connectivity index (χ2v) is 8.92. The predicted octanol–water partition coefficient (Wildman–Crippen LogP) is 6.40. The first-order valence-electron chi connectivity index (χ1n) is 12.4. The summed E-state index contributed by atoms with van der Waals surface area (Å²) in [5, 5.41) is 27.3. The van der Waals surface area contributed by atoms with Gasteiger partial charge in [-0.3, -0.25) is 29.8 Å². The first-order chi connectivity index (χ1) is 19.7. The van der Waals surface area contributed by atoms with Crippen molar-refractivity contribution in [1.29, 1.82) is 0 Å². The van der Waals surface area contributed by atoms with Crippen molar-refractivity contribution in [3.63, 3.8) is 0 Å². The fourth-order valence-corrected chi connectivity index (χ4v) is 3.84. The maximum atomic E-state index is 12.2. The standard InChI is InChI=1S/C31H24N4O6/c36-30(17-11-22-3-1-5-28(20-22)34(38)39)32-26-13-7-24(8-14-26)19-25-9-15-27(16-10-25)33-31(37)18-12-23-4-2-6-29(21-23)35(40)41/h1-18,20-21H,19H2,(H,32,36)(H,33,37)/b17-11+,18-12+. The van der Waals surface area contributed by atoms with Gasteiger partial charge in [-0.05, 0) is 65.1 Å². The number of amides is 2. The molecule has 204 valence electrons. The predicted molar refractivity (Wildman–Crippen MR) is 157 cm³/mol. The van der Waals surface area contributed by atoms with Crippen LogP contribution in [0.25, 0.3) is 12.2 Å². The third-order valence-electron chi connectivity index (χ3n) is 5.87. The Morgan fingerprint density at radius 2 is 1.00 bits per heavy atom. The summed E-state index contributed by atoms with van der Waals surface area (Å²) in [6.07, 6.45) is 6.29. The molecule has 10 nitrogen and oxygen atoms in total. The van der Waals surface area contributed by atoms with Crippen molar-refractivity contribution in [2.45, 2.75) is 6.42 Å². The third-order valence-corrected chi connectivity index (χ3v) is 5.87. The van der Waals surface area contributed by atoms with Crippen LogP contribution in [0.15, 0.2) is 109 Å². The number of nitro groups is 2. The number of non-ortho nitro benzene ring substituents is 2. The minimum atomic E-state index is -0.489. The summed E-state index contributed by atoms with van der Waals surface area (Å²) in [6.45, 7) is 0. The van der Waals surface area contributed by atoms with Crippen LogP contribution in [-0.4, -0.2) is 21.7 Å². The monoisotopic (exact) mass is 548 g/mol. The number of carbonyl (C=O) groups is 2. The van der Waals surface area contributed by atoms with Crippen LogP contribution >= 0.6 is 0 Å². The number of benzene rings is 4. The van der Waals surface area contributed by atoms with Crippen molar-refractivity contribution in [3.05, 3.63) is 152 Å². The zero-order chi connectivity index (χ0) is 29.2. The van der Waals surface area contributed by atoms with Crippen molar-refractivity contribution < 1.29 is 19.4 Å². The third kappa shape index (κ3) is 8.55. The number of nitrogens with one attached hydrogen (secondary N) is 2. The molecule has 0 unspecified atom stereocenters. The van der Waals surface area contributed by atoms with Gasteiger partial charge in [-0.2, -0.15) is 0 Å². The van der Waals surface area contributed by atoms with Gasteiger partial charge in [-0.25, -0.2) is 0 Å². The van der Waals surface area contributed by atoms with E-state index in [1.54, 1.807) is 48.5 Å². The fourth-order valence-electron chi connectivity index (χ4n) is 3.84. The molecule has 0 aliphatic heterocycles. The lowest BCUT2D eigenvalue weighted by Gasteiger charge is -2.07. The Kier molecular flexibility index (Phi) is 9.09. The smallest absolute Gasteiger partial charge is 0.270 e. The van der Waals surface area contributed by atoms with Crippen LogP contribution in [0.4, 0.5) is 22.7 Å². The van der Waals surface area contributed by atoms with Crippen LogP contribution in [0.3, 0.4) is 0 Å². The van der Waals surface area contributed by atoms with Crippen molar-refractivity contribution in [3.8, 4) is 0 Å². The van der Waals surface area contributed by atoms with Gasteiger partial charge in [0.2, 0.25) is 11.8 Å². The Labute approximate surface area is 235 Å². The second-order valence-electron chi connectivity index (χ2n) is 8.92. The highest BCUT2D eigenvalue weighted by molar-refractivity contribution is 6.02. The van der Waals surface area contributed by atoms with E-state index in [9.17, 15) is 29.8 Å². The number of nitrogens with zero attached hydrogens (tertiary/aromatic N) is 2. The van der Waals surface area contributed by atoms with Crippen LogP contribution in [0.5, 0.6) is 0 Å². The highest BCUT2D eigenvalue weighted by Crippen LogP contribution is 2.18. The summed E-state index contributed by atoms with van der Waals surface area (Å²) in [6, 6.07) is 26.7. The van der Waals surface area contributed by atoms with E-state index in [2.05, 4.69) is 10.6 Å². The van der Waals surface area contributed by atoms with Gasteiger partial charge >= 0.3 is 0 Å². The van der Waals surface area contributed by atoms with Crippen LogP contribution in [0.2, 0.25) is 0 Å². The van der Waals surface area contributed by atoms with E-state index >= 15 is 0 Å². The number of hydrogen-bond donors (Lipinski definition) is 2. The molecule has 4 aromatic rings. The molecule has 0 spiro atoms.